The maximum Gasteiger partial charge on any atom is 0.315 e. The largest absolute Gasteiger partial charge is 0.490 e. The van der Waals surface area contributed by atoms with Crippen molar-refractivity contribution in [1.29, 1.82) is 0 Å². The SMILES string of the molecule is C[C@H](NC(=O)N[C@@H]1CCCCNC1=O)c1ccc2c(c1)OCCCO2. The van der Waals surface area contributed by atoms with Crippen molar-refractivity contribution in [3.63, 3.8) is 0 Å². The van der Waals surface area contributed by atoms with Crippen LogP contribution in [0.3, 0.4) is 0 Å². The molecule has 136 valence electrons. The van der Waals surface area contributed by atoms with Crippen molar-refractivity contribution in [1.82, 2.24) is 16.0 Å². The Morgan fingerprint density at radius 1 is 1.20 bits per heavy atom. The second kappa shape index (κ2) is 8.09. The van der Waals surface area contributed by atoms with Crippen LogP contribution in [0.1, 0.15) is 44.2 Å². The van der Waals surface area contributed by atoms with Crippen LogP contribution in [0.2, 0.25) is 0 Å². The van der Waals surface area contributed by atoms with E-state index in [1.807, 2.05) is 25.1 Å². The van der Waals surface area contributed by atoms with Gasteiger partial charge < -0.3 is 25.4 Å². The lowest BCUT2D eigenvalue weighted by Crippen LogP contribution is -2.49. The molecule has 0 aliphatic carbocycles. The Balaban J connectivity index is 1.59. The van der Waals surface area contributed by atoms with Gasteiger partial charge in [-0.3, -0.25) is 4.79 Å². The van der Waals surface area contributed by atoms with Crippen LogP contribution in [0.15, 0.2) is 18.2 Å². The van der Waals surface area contributed by atoms with E-state index in [4.69, 9.17) is 9.47 Å². The lowest BCUT2D eigenvalue weighted by Gasteiger charge is -2.20. The summed E-state index contributed by atoms with van der Waals surface area (Å²) in [5.74, 6) is 1.32. The van der Waals surface area contributed by atoms with E-state index in [9.17, 15) is 9.59 Å². The minimum Gasteiger partial charge on any atom is -0.490 e. The van der Waals surface area contributed by atoms with Crippen LogP contribution in [-0.4, -0.2) is 37.7 Å². The minimum atomic E-state index is -0.474. The molecule has 3 N–H and O–H groups in total. The van der Waals surface area contributed by atoms with Crippen LogP contribution in [0.25, 0.3) is 0 Å². The second-order valence-corrected chi connectivity index (χ2v) is 6.44. The molecule has 1 saturated heterocycles. The molecule has 0 radical (unpaired) electrons. The molecule has 25 heavy (non-hydrogen) atoms. The number of benzene rings is 1. The summed E-state index contributed by atoms with van der Waals surface area (Å²) in [5.41, 5.74) is 0.921. The highest BCUT2D eigenvalue weighted by atomic mass is 16.5. The number of ether oxygens (including phenoxy) is 2. The van der Waals surface area contributed by atoms with E-state index in [0.29, 0.717) is 31.9 Å². The molecule has 3 amide bonds. The molecule has 2 aliphatic rings. The molecule has 1 fully saturated rings. The summed E-state index contributed by atoms with van der Waals surface area (Å²) in [6, 6.07) is 4.64. The first kappa shape index (κ1) is 17.4. The lowest BCUT2D eigenvalue weighted by molar-refractivity contribution is -0.122. The Morgan fingerprint density at radius 3 is 2.84 bits per heavy atom. The third-order valence-electron chi connectivity index (χ3n) is 4.46. The summed E-state index contributed by atoms with van der Waals surface area (Å²) in [7, 11) is 0. The van der Waals surface area contributed by atoms with Gasteiger partial charge in [-0.15, -0.1) is 0 Å². The third-order valence-corrected chi connectivity index (χ3v) is 4.46. The van der Waals surface area contributed by atoms with E-state index in [1.165, 1.54) is 0 Å². The standard InChI is InChI=1S/C18H25N3O4/c1-12(13-6-7-15-16(11-13)25-10-4-9-24-15)20-18(23)21-14-5-2-3-8-19-17(14)22/h6-7,11-12,14H,2-5,8-10H2,1H3,(H,19,22)(H2,20,21,23)/t12-,14+/m0/s1. The predicted octanol–water partition coefficient (Wildman–Crippen LogP) is 1.88. The maximum atomic E-state index is 12.2. The minimum absolute atomic E-state index is 0.115. The first-order valence-corrected chi connectivity index (χ1v) is 8.88. The zero-order chi connectivity index (χ0) is 17.6. The van der Waals surface area contributed by atoms with Crippen LogP contribution in [0.4, 0.5) is 4.79 Å². The van der Waals surface area contributed by atoms with Crippen LogP contribution in [0, 0.1) is 0 Å². The van der Waals surface area contributed by atoms with Crippen LogP contribution < -0.4 is 25.4 Å². The van der Waals surface area contributed by atoms with Crippen molar-refractivity contribution >= 4 is 11.9 Å². The van der Waals surface area contributed by atoms with Crippen LogP contribution in [-0.2, 0) is 4.79 Å². The first-order chi connectivity index (χ1) is 12.1. The Kier molecular flexibility index (Phi) is 5.63. The molecule has 2 heterocycles. The topological polar surface area (TPSA) is 88.7 Å². The summed E-state index contributed by atoms with van der Waals surface area (Å²) in [6.45, 7) is 3.83. The molecule has 0 spiro atoms. The molecule has 1 aromatic carbocycles. The number of carbonyl (C=O) groups excluding carboxylic acids is 2. The molecule has 3 rings (SSSR count). The average Bonchev–Trinajstić information content (AvgIpc) is 2.95. The zero-order valence-corrected chi connectivity index (χ0v) is 14.5. The molecule has 2 aliphatic heterocycles. The summed E-state index contributed by atoms with van der Waals surface area (Å²) in [5, 5.41) is 8.46. The third kappa shape index (κ3) is 4.55. The number of rotatable bonds is 3. The Morgan fingerprint density at radius 2 is 2.00 bits per heavy atom. The molecular weight excluding hydrogens is 322 g/mol. The second-order valence-electron chi connectivity index (χ2n) is 6.44. The number of urea groups is 1. The fourth-order valence-corrected chi connectivity index (χ4v) is 3.01. The van der Waals surface area contributed by atoms with Gasteiger partial charge in [-0.1, -0.05) is 6.07 Å². The fraction of sp³-hybridized carbons (Fsp3) is 0.556. The van der Waals surface area contributed by atoms with Crippen molar-refractivity contribution in [3.8, 4) is 11.5 Å². The van der Waals surface area contributed by atoms with E-state index in [1.54, 1.807) is 0 Å². The van der Waals surface area contributed by atoms with Gasteiger partial charge in [0.05, 0.1) is 19.3 Å². The van der Waals surface area contributed by atoms with Crippen molar-refractivity contribution in [2.24, 2.45) is 0 Å². The van der Waals surface area contributed by atoms with E-state index >= 15 is 0 Å². The molecule has 1 aromatic rings. The Bertz CT molecular complexity index is 635. The van der Waals surface area contributed by atoms with Gasteiger partial charge in [0.25, 0.3) is 0 Å². The quantitative estimate of drug-likeness (QED) is 0.779. The monoisotopic (exact) mass is 347 g/mol. The summed E-state index contributed by atoms with van der Waals surface area (Å²) in [6.07, 6.45) is 3.38. The molecule has 0 unspecified atom stereocenters. The summed E-state index contributed by atoms with van der Waals surface area (Å²) < 4.78 is 11.3. The van der Waals surface area contributed by atoms with E-state index < -0.39 is 6.04 Å². The van der Waals surface area contributed by atoms with Gasteiger partial charge in [0, 0.05) is 13.0 Å². The molecule has 0 bridgehead atoms. The Labute approximate surface area is 147 Å². The molecule has 0 saturated carbocycles. The van der Waals surface area contributed by atoms with Gasteiger partial charge in [-0.05, 0) is 43.9 Å². The smallest absolute Gasteiger partial charge is 0.315 e. The van der Waals surface area contributed by atoms with Crippen molar-refractivity contribution < 1.29 is 19.1 Å². The van der Waals surface area contributed by atoms with E-state index in [2.05, 4.69) is 16.0 Å². The molecule has 2 atom stereocenters. The summed E-state index contributed by atoms with van der Waals surface area (Å²) in [4.78, 5) is 24.2. The molecular formula is C18H25N3O4. The zero-order valence-electron chi connectivity index (χ0n) is 14.5. The Hall–Kier alpha value is -2.44. The van der Waals surface area contributed by atoms with Crippen molar-refractivity contribution in [3.05, 3.63) is 23.8 Å². The number of hydrogen-bond donors (Lipinski definition) is 3. The fourth-order valence-electron chi connectivity index (χ4n) is 3.01. The highest BCUT2D eigenvalue weighted by Crippen LogP contribution is 2.32. The first-order valence-electron chi connectivity index (χ1n) is 8.88. The van der Waals surface area contributed by atoms with Gasteiger partial charge >= 0.3 is 6.03 Å². The number of carbonyl (C=O) groups is 2. The van der Waals surface area contributed by atoms with Crippen molar-refractivity contribution in [2.75, 3.05) is 19.8 Å². The molecule has 7 nitrogen and oxygen atoms in total. The van der Waals surface area contributed by atoms with Crippen LogP contribution >= 0.6 is 0 Å². The highest BCUT2D eigenvalue weighted by molar-refractivity contribution is 5.87. The van der Waals surface area contributed by atoms with Gasteiger partial charge in [0.2, 0.25) is 5.91 Å². The molecule has 7 heteroatoms. The van der Waals surface area contributed by atoms with Gasteiger partial charge in [0.1, 0.15) is 6.04 Å². The normalized spacial score (nSPS) is 21.3. The lowest BCUT2D eigenvalue weighted by atomic mass is 10.1. The van der Waals surface area contributed by atoms with Gasteiger partial charge in [-0.2, -0.15) is 0 Å². The van der Waals surface area contributed by atoms with Gasteiger partial charge in [-0.25, -0.2) is 4.79 Å². The van der Waals surface area contributed by atoms with E-state index in [0.717, 1.165) is 30.6 Å². The predicted molar refractivity (Wildman–Crippen MR) is 92.8 cm³/mol. The maximum absolute atomic E-state index is 12.2. The van der Waals surface area contributed by atoms with Crippen molar-refractivity contribution in [2.45, 2.75) is 44.7 Å². The average molecular weight is 347 g/mol. The number of amides is 3. The van der Waals surface area contributed by atoms with E-state index in [-0.39, 0.29) is 18.0 Å². The molecule has 0 aromatic heterocycles. The number of fused-ring (bicyclic) bond motifs is 1. The van der Waals surface area contributed by atoms with Crippen LogP contribution in [0.5, 0.6) is 11.5 Å². The number of nitrogens with one attached hydrogen (secondary N) is 3. The number of hydrogen-bond acceptors (Lipinski definition) is 4. The van der Waals surface area contributed by atoms with Gasteiger partial charge in [0.15, 0.2) is 11.5 Å². The highest BCUT2D eigenvalue weighted by Gasteiger charge is 2.23. The summed E-state index contributed by atoms with van der Waals surface area (Å²) >= 11 is 0.